The zero-order valence-electron chi connectivity index (χ0n) is 28.8. The minimum Gasteiger partial charge on any atom is -0.455 e. The summed E-state index contributed by atoms with van der Waals surface area (Å²) in [5, 5.41) is 4.85. The Morgan fingerprint density at radius 1 is 0.352 bits per heavy atom. The first-order chi connectivity index (χ1) is 26.5. The van der Waals surface area contributed by atoms with Gasteiger partial charge in [-0.2, -0.15) is 0 Å². The van der Waals surface area contributed by atoms with E-state index in [1.165, 1.54) is 21.5 Å². The maximum absolute atomic E-state index is 13.9. The Morgan fingerprint density at radius 2 is 0.667 bits per heavy atom. The van der Waals surface area contributed by atoms with E-state index in [0.717, 1.165) is 55.7 Å². The summed E-state index contributed by atoms with van der Waals surface area (Å²) in [6.45, 7) is 0. The van der Waals surface area contributed by atoms with E-state index in [9.17, 15) is 8.42 Å². The van der Waals surface area contributed by atoms with Crippen LogP contribution < -0.4 is 4.74 Å². The molecule has 0 fully saturated rings. The van der Waals surface area contributed by atoms with E-state index >= 15 is 0 Å². The molecule has 0 spiro atoms. The number of hydrogen-bond acceptors (Lipinski definition) is 3. The van der Waals surface area contributed by atoms with E-state index in [1.807, 2.05) is 24.3 Å². The summed E-state index contributed by atoms with van der Waals surface area (Å²) in [5.74, 6) is 0.649. The zero-order valence-corrected chi connectivity index (χ0v) is 29.7. The molecule has 11 rings (SSSR count). The summed E-state index contributed by atoms with van der Waals surface area (Å²) >= 11 is 0. The van der Waals surface area contributed by atoms with Crippen molar-refractivity contribution in [3.63, 3.8) is 0 Å². The minimum atomic E-state index is -3.79. The van der Waals surface area contributed by atoms with Gasteiger partial charge >= 0.3 is 0 Å². The minimum absolute atomic E-state index is 0.170. The van der Waals surface area contributed by atoms with Crippen molar-refractivity contribution in [3.05, 3.63) is 182 Å². The predicted molar refractivity (Wildman–Crippen MR) is 218 cm³/mol. The number of hydrogen-bond donors (Lipinski definition) is 0. The molecule has 10 aromatic rings. The van der Waals surface area contributed by atoms with Crippen molar-refractivity contribution in [3.8, 4) is 45.1 Å². The van der Waals surface area contributed by atoms with Crippen molar-refractivity contribution in [1.29, 1.82) is 0 Å². The van der Waals surface area contributed by atoms with Crippen LogP contribution in [0.2, 0.25) is 0 Å². The average molecular weight is 715 g/mol. The lowest BCUT2D eigenvalue weighted by atomic mass is 10.0. The van der Waals surface area contributed by atoms with Crippen LogP contribution in [0.3, 0.4) is 0 Å². The predicted octanol–water partition coefficient (Wildman–Crippen LogP) is 12.2. The summed E-state index contributed by atoms with van der Waals surface area (Å²) in [7, 11) is -3.79. The molecule has 54 heavy (non-hydrogen) atoms. The number of rotatable bonds is 4. The summed E-state index contributed by atoms with van der Waals surface area (Å²) in [6.07, 6.45) is 0. The smallest absolute Gasteiger partial charge is 0.213 e. The fourth-order valence-corrected chi connectivity index (χ4v) is 9.69. The molecule has 0 saturated heterocycles. The highest BCUT2D eigenvalue weighted by Gasteiger charge is 2.32. The van der Waals surface area contributed by atoms with E-state index < -0.39 is 9.84 Å². The number of benzene rings is 8. The first-order valence-corrected chi connectivity index (χ1v) is 19.4. The third kappa shape index (κ3) is 4.54. The van der Waals surface area contributed by atoms with Gasteiger partial charge in [-0.1, -0.05) is 109 Å². The number of ether oxygens (including phenoxy) is 1. The van der Waals surface area contributed by atoms with Crippen LogP contribution in [-0.2, 0) is 9.84 Å². The lowest BCUT2D eigenvalue weighted by Gasteiger charge is -2.22. The van der Waals surface area contributed by atoms with Gasteiger partial charge in [0.25, 0.3) is 0 Å². The Balaban J connectivity index is 0.922. The Kier molecular flexibility index (Phi) is 6.57. The fraction of sp³-hybridized carbons (Fsp3) is 0. The SMILES string of the molecule is O=S1(=O)c2ccc(-c3ccc(-n4c5ccccc5c5ccccc54)cc3)cc2Oc2cc(-c3ccc(-n4c5ccccc5c5ccccc54)cc3)ccc21. The summed E-state index contributed by atoms with van der Waals surface area (Å²) in [4.78, 5) is 0.341. The highest BCUT2D eigenvalue weighted by atomic mass is 32.2. The van der Waals surface area contributed by atoms with Gasteiger partial charge < -0.3 is 13.9 Å². The van der Waals surface area contributed by atoms with E-state index in [4.69, 9.17) is 4.74 Å². The molecule has 0 amide bonds. The summed E-state index contributed by atoms with van der Waals surface area (Å²) in [6, 6.07) is 61.2. The van der Waals surface area contributed by atoms with E-state index in [2.05, 4.69) is 155 Å². The number of aromatic nitrogens is 2. The second-order valence-electron chi connectivity index (χ2n) is 13.8. The number of para-hydroxylation sites is 4. The first-order valence-electron chi connectivity index (χ1n) is 17.9. The monoisotopic (exact) mass is 714 g/mol. The maximum atomic E-state index is 13.9. The molecule has 0 radical (unpaired) electrons. The van der Waals surface area contributed by atoms with E-state index in [0.29, 0.717) is 11.5 Å². The molecule has 1 aliphatic heterocycles. The van der Waals surface area contributed by atoms with E-state index in [-0.39, 0.29) is 9.79 Å². The molecule has 0 atom stereocenters. The standard InChI is InChI=1S/C48H30N2O3S/c51-54(52)47-27-21-33(31-17-23-35(24-18-31)49-41-13-5-1-9-37(41)38-10-2-6-14-42(38)49)29-45(47)53-46-30-34(22-28-48(46)54)32-19-25-36(26-20-32)50-43-15-7-3-11-39(43)40-12-4-8-16-44(40)50/h1-30H. The van der Waals surface area contributed by atoms with Gasteiger partial charge in [0.05, 0.1) is 22.1 Å². The third-order valence-corrected chi connectivity index (χ3v) is 12.6. The van der Waals surface area contributed by atoms with Crippen LogP contribution in [0.4, 0.5) is 0 Å². The second kappa shape index (κ2) is 11.6. The molecule has 1 aliphatic rings. The van der Waals surface area contributed by atoms with Crippen LogP contribution in [0.15, 0.2) is 192 Å². The molecule has 2 aromatic heterocycles. The molecule has 0 bridgehead atoms. The number of sulfone groups is 1. The van der Waals surface area contributed by atoms with Crippen LogP contribution in [-0.4, -0.2) is 17.6 Å². The van der Waals surface area contributed by atoms with Crippen molar-refractivity contribution >= 4 is 53.4 Å². The third-order valence-electron chi connectivity index (χ3n) is 10.8. The van der Waals surface area contributed by atoms with Crippen LogP contribution >= 0.6 is 0 Å². The molecule has 3 heterocycles. The maximum Gasteiger partial charge on any atom is 0.213 e. The van der Waals surface area contributed by atoms with Gasteiger partial charge in [-0.15, -0.1) is 0 Å². The summed E-state index contributed by atoms with van der Waals surface area (Å²) < 4.78 is 38.7. The molecule has 256 valence electrons. The van der Waals surface area contributed by atoms with Gasteiger partial charge in [-0.3, -0.25) is 0 Å². The first kappa shape index (κ1) is 30.7. The number of nitrogens with zero attached hydrogens (tertiary/aromatic N) is 2. The Labute approximate surface area is 311 Å². The molecule has 0 N–H and O–H groups in total. The average Bonchev–Trinajstić information content (AvgIpc) is 3.74. The molecule has 0 aliphatic carbocycles. The lowest BCUT2D eigenvalue weighted by molar-refractivity contribution is 0.443. The molecule has 0 unspecified atom stereocenters. The van der Waals surface area contributed by atoms with Crippen LogP contribution in [0.25, 0.3) is 77.2 Å². The quantitative estimate of drug-likeness (QED) is 0.182. The Bertz CT molecular complexity index is 2930. The van der Waals surface area contributed by atoms with Gasteiger partial charge in [-0.05, 0) is 95.1 Å². The molecule has 0 saturated carbocycles. The zero-order chi connectivity index (χ0) is 36.0. The van der Waals surface area contributed by atoms with Crippen LogP contribution in [0.5, 0.6) is 11.5 Å². The van der Waals surface area contributed by atoms with Crippen molar-refractivity contribution in [2.24, 2.45) is 0 Å². The van der Waals surface area contributed by atoms with Gasteiger partial charge in [0.2, 0.25) is 9.84 Å². The lowest BCUT2D eigenvalue weighted by Crippen LogP contribution is -2.11. The van der Waals surface area contributed by atoms with Gasteiger partial charge in [0, 0.05) is 32.9 Å². The normalized spacial score (nSPS) is 13.3. The molecular weight excluding hydrogens is 685 g/mol. The second-order valence-corrected chi connectivity index (χ2v) is 15.6. The van der Waals surface area contributed by atoms with Crippen LogP contribution in [0.1, 0.15) is 0 Å². The summed E-state index contributed by atoms with van der Waals surface area (Å²) in [5.41, 5.74) is 10.4. The molecular formula is C48H30N2O3S. The topological polar surface area (TPSA) is 53.2 Å². The van der Waals surface area contributed by atoms with Gasteiger partial charge in [0.15, 0.2) is 0 Å². The Morgan fingerprint density at radius 3 is 1.02 bits per heavy atom. The van der Waals surface area contributed by atoms with Crippen molar-refractivity contribution in [2.45, 2.75) is 9.79 Å². The molecule has 5 nitrogen and oxygen atoms in total. The number of fused-ring (bicyclic) bond motifs is 8. The van der Waals surface area contributed by atoms with Crippen molar-refractivity contribution in [2.75, 3.05) is 0 Å². The largest absolute Gasteiger partial charge is 0.455 e. The fourth-order valence-electron chi connectivity index (χ4n) is 8.22. The van der Waals surface area contributed by atoms with Crippen LogP contribution in [0, 0.1) is 0 Å². The highest BCUT2D eigenvalue weighted by molar-refractivity contribution is 7.91. The Hall–Kier alpha value is -6.89. The molecule has 6 heteroatoms. The van der Waals surface area contributed by atoms with Crippen molar-refractivity contribution in [1.82, 2.24) is 9.13 Å². The van der Waals surface area contributed by atoms with Gasteiger partial charge in [-0.25, -0.2) is 8.42 Å². The van der Waals surface area contributed by atoms with Gasteiger partial charge in [0.1, 0.15) is 21.3 Å². The van der Waals surface area contributed by atoms with E-state index in [1.54, 1.807) is 12.1 Å². The van der Waals surface area contributed by atoms with Crippen molar-refractivity contribution < 1.29 is 13.2 Å². The highest BCUT2D eigenvalue weighted by Crippen LogP contribution is 2.46. The molecule has 8 aromatic carbocycles.